The van der Waals surface area contributed by atoms with Crippen molar-refractivity contribution in [1.29, 1.82) is 0 Å². The van der Waals surface area contributed by atoms with E-state index in [0.29, 0.717) is 11.7 Å². The molecule has 168 valence electrons. The van der Waals surface area contributed by atoms with Crippen molar-refractivity contribution >= 4 is 28.3 Å². The Labute approximate surface area is 192 Å². The van der Waals surface area contributed by atoms with Crippen LogP contribution in [0, 0.1) is 12.8 Å². The number of carbonyl (C=O) groups excluding carboxylic acids is 2. The molecule has 0 bridgehead atoms. The van der Waals surface area contributed by atoms with Gasteiger partial charge in [-0.2, -0.15) is 0 Å². The van der Waals surface area contributed by atoms with Crippen LogP contribution in [0.15, 0.2) is 54.6 Å². The van der Waals surface area contributed by atoms with E-state index < -0.39 is 6.04 Å². The highest BCUT2D eigenvalue weighted by atomic mass is 32.1. The number of ether oxygens (including phenoxy) is 1. The lowest BCUT2D eigenvalue weighted by Crippen LogP contribution is -2.48. The number of benzene rings is 2. The number of rotatable bonds is 10. The molecule has 0 saturated carbocycles. The molecule has 2 atom stereocenters. The van der Waals surface area contributed by atoms with Crippen LogP contribution in [0.4, 0.5) is 5.13 Å². The zero-order valence-electron chi connectivity index (χ0n) is 18.5. The van der Waals surface area contributed by atoms with Crippen molar-refractivity contribution in [3.05, 3.63) is 65.7 Å². The average Bonchev–Trinajstić information content (AvgIpc) is 3.26. The van der Waals surface area contributed by atoms with Crippen molar-refractivity contribution in [2.75, 3.05) is 11.9 Å². The molecule has 2 unspecified atom stereocenters. The Balaban J connectivity index is 1.57. The van der Waals surface area contributed by atoms with Gasteiger partial charge >= 0.3 is 0 Å². The summed E-state index contributed by atoms with van der Waals surface area (Å²) in [5, 5.41) is 15.0. The summed E-state index contributed by atoms with van der Waals surface area (Å²) >= 11 is 1.30. The Hall–Kier alpha value is -3.10. The van der Waals surface area contributed by atoms with Crippen LogP contribution in [0.5, 0.6) is 0 Å². The van der Waals surface area contributed by atoms with E-state index >= 15 is 0 Å². The first-order chi connectivity index (χ1) is 15.5. The average molecular weight is 453 g/mol. The molecule has 2 N–H and O–H groups in total. The van der Waals surface area contributed by atoms with Crippen molar-refractivity contribution < 1.29 is 14.3 Å². The second-order valence-electron chi connectivity index (χ2n) is 7.68. The SMILES string of the molecule is CCC(C)C(NC(=O)COCc1ccccc1)C(=O)Nc1nnc(-c2ccc(C)cc2)s1. The predicted octanol–water partition coefficient (Wildman–Crippen LogP) is 4.20. The van der Waals surface area contributed by atoms with Gasteiger partial charge in [0.25, 0.3) is 0 Å². The summed E-state index contributed by atoms with van der Waals surface area (Å²) in [7, 11) is 0. The van der Waals surface area contributed by atoms with E-state index in [1.54, 1.807) is 0 Å². The number of hydrogen-bond donors (Lipinski definition) is 2. The fourth-order valence-corrected chi connectivity index (χ4v) is 3.77. The Bertz CT molecular complexity index is 1020. The summed E-state index contributed by atoms with van der Waals surface area (Å²) in [5.41, 5.74) is 3.08. The fraction of sp³-hybridized carbons (Fsp3) is 0.333. The van der Waals surface area contributed by atoms with Gasteiger partial charge < -0.3 is 10.1 Å². The summed E-state index contributed by atoms with van der Waals surface area (Å²) < 4.78 is 5.49. The number of nitrogens with one attached hydrogen (secondary N) is 2. The topological polar surface area (TPSA) is 93.2 Å². The van der Waals surface area contributed by atoms with Gasteiger partial charge in [-0.25, -0.2) is 0 Å². The molecule has 2 amide bonds. The summed E-state index contributed by atoms with van der Waals surface area (Å²) in [5.74, 6) is -0.709. The van der Waals surface area contributed by atoms with E-state index in [9.17, 15) is 9.59 Å². The van der Waals surface area contributed by atoms with Crippen LogP contribution in [-0.2, 0) is 20.9 Å². The summed E-state index contributed by atoms with van der Waals surface area (Å²) in [4.78, 5) is 25.3. The highest BCUT2D eigenvalue weighted by Gasteiger charge is 2.27. The molecule has 0 aliphatic heterocycles. The molecule has 0 saturated heterocycles. The van der Waals surface area contributed by atoms with Crippen LogP contribution in [0.25, 0.3) is 10.6 Å². The molecule has 3 aromatic rings. The maximum atomic E-state index is 12.9. The van der Waals surface area contributed by atoms with Gasteiger partial charge in [0.05, 0.1) is 6.61 Å². The highest BCUT2D eigenvalue weighted by molar-refractivity contribution is 7.18. The third-order valence-electron chi connectivity index (χ3n) is 5.11. The standard InChI is InChI=1S/C24H28N4O3S/c1-4-17(3)21(25-20(29)15-31-14-18-8-6-5-7-9-18)22(30)26-24-28-27-23(32-24)19-12-10-16(2)11-13-19/h5-13,17,21H,4,14-15H2,1-3H3,(H,25,29)(H,26,28,30). The van der Waals surface area contributed by atoms with E-state index in [4.69, 9.17) is 4.74 Å². The van der Waals surface area contributed by atoms with Crippen LogP contribution in [0.2, 0.25) is 0 Å². The van der Waals surface area contributed by atoms with Crippen LogP contribution < -0.4 is 10.6 Å². The van der Waals surface area contributed by atoms with Crippen LogP contribution >= 0.6 is 11.3 Å². The maximum Gasteiger partial charge on any atom is 0.249 e. The van der Waals surface area contributed by atoms with E-state index in [1.807, 2.05) is 75.4 Å². The fourth-order valence-electron chi connectivity index (χ4n) is 3.02. The summed E-state index contributed by atoms with van der Waals surface area (Å²) in [6.07, 6.45) is 0.730. The lowest BCUT2D eigenvalue weighted by atomic mass is 9.98. The van der Waals surface area contributed by atoms with Crippen molar-refractivity contribution in [3.8, 4) is 10.6 Å². The third-order valence-corrected chi connectivity index (χ3v) is 6.00. The van der Waals surface area contributed by atoms with E-state index in [0.717, 1.165) is 28.1 Å². The Morgan fingerprint density at radius 2 is 1.78 bits per heavy atom. The van der Waals surface area contributed by atoms with Crippen LogP contribution in [0.3, 0.4) is 0 Å². The Kier molecular flexibility index (Phi) is 8.47. The Morgan fingerprint density at radius 3 is 2.47 bits per heavy atom. The molecule has 0 aliphatic rings. The van der Waals surface area contributed by atoms with Gasteiger partial charge in [0.15, 0.2) is 0 Å². The largest absolute Gasteiger partial charge is 0.367 e. The first kappa shape index (κ1) is 23.6. The van der Waals surface area contributed by atoms with E-state index in [2.05, 4.69) is 20.8 Å². The van der Waals surface area contributed by atoms with Gasteiger partial charge in [-0.1, -0.05) is 91.8 Å². The molecule has 2 aromatic carbocycles. The normalized spacial score (nSPS) is 12.7. The van der Waals surface area contributed by atoms with E-state index in [-0.39, 0.29) is 24.3 Å². The molecule has 0 radical (unpaired) electrons. The molecule has 8 heteroatoms. The number of carbonyl (C=O) groups is 2. The van der Waals surface area contributed by atoms with Gasteiger partial charge in [-0.15, -0.1) is 10.2 Å². The maximum absolute atomic E-state index is 12.9. The van der Waals surface area contributed by atoms with Gasteiger partial charge in [-0.3, -0.25) is 14.9 Å². The Morgan fingerprint density at radius 1 is 1.06 bits per heavy atom. The number of nitrogens with zero attached hydrogens (tertiary/aromatic N) is 2. The summed E-state index contributed by atoms with van der Waals surface area (Å²) in [6, 6.07) is 16.9. The quantitative estimate of drug-likeness (QED) is 0.481. The number of amides is 2. The molecular weight excluding hydrogens is 424 g/mol. The second-order valence-corrected chi connectivity index (χ2v) is 8.65. The molecule has 1 heterocycles. The minimum absolute atomic E-state index is 0.0578. The van der Waals surface area contributed by atoms with Crippen molar-refractivity contribution in [1.82, 2.24) is 15.5 Å². The van der Waals surface area contributed by atoms with Crippen molar-refractivity contribution in [3.63, 3.8) is 0 Å². The third kappa shape index (κ3) is 6.70. The molecule has 32 heavy (non-hydrogen) atoms. The molecular formula is C24H28N4O3S. The lowest BCUT2D eigenvalue weighted by molar-refractivity contribution is -0.131. The number of anilines is 1. The second kappa shape index (κ2) is 11.5. The molecule has 1 aromatic heterocycles. The lowest BCUT2D eigenvalue weighted by Gasteiger charge is -2.22. The van der Waals surface area contributed by atoms with Crippen molar-refractivity contribution in [2.45, 2.75) is 39.8 Å². The molecule has 3 rings (SSSR count). The zero-order valence-corrected chi connectivity index (χ0v) is 19.3. The predicted molar refractivity (Wildman–Crippen MR) is 126 cm³/mol. The number of aromatic nitrogens is 2. The van der Waals surface area contributed by atoms with Gasteiger partial charge in [0.2, 0.25) is 16.9 Å². The first-order valence-corrected chi connectivity index (χ1v) is 11.4. The minimum atomic E-state index is -0.695. The number of aryl methyl sites for hydroxylation is 1. The van der Waals surface area contributed by atoms with Gasteiger partial charge in [-0.05, 0) is 18.4 Å². The smallest absolute Gasteiger partial charge is 0.249 e. The van der Waals surface area contributed by atoms with Gasteiger partial charge in [0, 0.05) is 5.56 Å². The molecule has 7 nitrogen and oxygen atoms in total. The monoisotopic (exact) mass is 452 g/mol. The highest BCUT2D eigenvalue weighted by Crippen LogP contribution is 2.26. The van der Waals surface area contributed by atoms with E-state index in [1.165, 1.54) is 11.3 Å². The van der Waals surface area contributed by atoms with Crippen LogP contribution in [-0.4, -0.2) is 34.7 Å². The summed E-state index contributed by atoms with van der Waals surface area (Å²) in [6.45, 7) is 6.13. The van der Waals surface area contributed by atoms with Crippen LogP contribution in [0.1, 0.15) is 31.4 Å². The molecule has 0 spiro atoms. The molecule has 0 fully saturated rings. The first-order valence-electron chi connectivity index (χ1n) is 10.6. The van der Waals surface area contributed by atoms with Crippen molar-refractivity contribution in [2.24, 2.45) is 5.92 Å². The molecule has 0 aliphatic carbocycles. The van der Waals surface area contributed by atoms with Gasteiger partial charge in [0.1, 0.15) is 17.7 Å². The minimum Gasteiger partial charge on any atom is -0.367 e. The zero-order chi connectivity index (χ0) is 22.9. The number of hydrogen-bond acceptors (Lipinski definition) is 6.